The third-order valence-electron chi connectivity index (χ3n) is 4.14. The molecule has 0 aliphatic carbocycles. The summed E-state index contributed by atoms with van der Waals surface area (Å²) in [5.41, 5.74) is 0.407. The molecule has 4 aromatic rings. The van der Waals surface area contributed by atoms with E-state index in [0.717, 1.165) is 6.07 Å². The van der Waals surface area contributed by atoms with E-state index in [1.54, 1.807) is 12.1 Å². The van der Waals surface area contributed by atoms with Crippen LogP contribution in [0.4, 0.5) is 17.6 Å². The average Bonchev–Trinajstić information content (AvgIpc) is 3.11. The van der Waals surface area contributed by atoms with Crippen molar-refractivity contribution in [1.29, 1.82) is 5.26 Å². The van der Waals surface area contributed by atoms with Crippen LogP contribution in [-0.2, 0) is 6.18 Å². The zero-order chi connectivity index (χ0) is 19.9. The minimum Gasteiger partial charge on any atom is -0.284 e. The maximum Gasteiger partial charge on any atom is 0.433 e. The number of benzene rings is 1. The van der Waals surface area contributed by atoms with Gasteiger partial charge in [0.05, 0.1) is 11.9 Å². The van der Waals surface area contributed by atoms with Crippen LogP contribution in [0, 0.1) is 17.1 Å². The van der Waals surface area contributed by atoms with E-state index in [1.807, 2.05) is 6.07 Å². The predicted octanol–water partition coefficient (Wildman–Crippen LogP) is 4.49. The molecule has 0 spiro atoms. The number of pyridine rings is 1. The van der Waals surface area contributed by atoms with Gasteiger partial charge >= 0.3 is 6.18 Å². The largest absolute Gasteiger partial charge is 0.433 e. The Bertz CT molecular complexity index is 1240. The molecular formula is C19H9F4N5. The summed E-state index contributed by atoms with van der Waals surface area (Å²) in [4.78, 5) is 11.4. The molecule has 0 saturated carbocycles. The number of rotatable bonds is 2. The van der Waals surface area contributed by atoms with E-state index in [9.17, 15) is 22.8 Å². The van der Waals surface area contributed by atoms with Crippen LogP contribution in [0.15, 0.2) is 55.0 Å². The predicted molar refractivity (Wildman–Crippen MR) is 91.3 cm³/mol. The van der Waals surface area contributed by atoms with Crippen LogP contribution in [0.1, 0.15) is 11.4 Å². The van der Waals surface area contributed by atoms with Crippen molar-refractivity contribution in [3.8, 4) is 28.5 Å². The Morgan fingerprint density at radius 3 is 2.61 bits per heavy atom. The van der Waals surface area contributed by atoms with Crippen molar-refractivity contribution in [3.05, 3.63) is 72.2 Å². The lowest BCUT2D eigenvalue weighted by Crippen LogP contribution is -2.09. The third-order valence-corrected chi connectivity index (χ3v) is 4.14. The summed E-state index contributed by atoms with van der Waals surface area (Å²) in [6.45, 7) is 0. The molecule has 0 unspecified atom stereocenters. The molecule has 0 bridgehead atoms. The van der Waals surface area contributed by atoms with E-state index in [0.29, 0.717) is 16.8 Å². The Morgan fingerprint density at radius 2 is 1.86 bits per heavy atom. The fraction of sp³-hybridized carbons (Fsp3) is 0.0526. The van der Waals surface area contributed by atoms with Gasteiger partial charge < -0.3 is 0 Å². The fourth-order valence-electron chi connectivity index (χ4n) is 2.85. The van der Waals surface area contributed by atoms with Crippen LogP contribution in [0.3, 0.4) is 0 Å². The Kier molecular flexibility index (Phi) is 4.04. The summed E-state index contributed by atoms with van der Waals surface area (Å²) in [5, 5.41) is 9.21. The monoisotopic (exact) mass is 383 g/mol. The lowest BCUT2D eigenvalue weighted by molar-refractivity contribution is -0.141. The quantitative estimate of drug-likeness (QED) is 0.479. The van der Waals surface area contributed by atoms with Crippen LogP contribution < -0.4 is 0 Å². The first kappa shape index (κ1) is 17.6. The standard InChI is InChI=1S/C19H9F4N5/c20-14-4-3-11(8-13(14)12-2-1-6-25-15(12)9-24)16-10-26-18-27-17(19(21,22)23)5-7-28(16)18/h1-8,10H. The Morgan fingerprint density at radius 1 is 1.04 bits per heavy atom. The van der Waals surface area contributed by atoms with Gasteiger partial charge in [0.15, 0.2) is 0 Å². The van der Waals surface area contributed by atoms with Gasteiger partial charge in [-0.05, 0) is 36.4 Å². The summed E-state index contributed by atoms with van der Waals surface area (Å²) < 4.78 is 54.3. The van der Waals surface area contributed by atoms with Gasteiger partial charge in [-0.2, -0.15) is 18.4 Å². The van der Waals surface area contributed by atoms with Gasteiger partial charge in [0.2, 0.25) is 5.78 Å². The zero-order valence-corrected chi connectivity index (χ0v) is 13.9. The first-order valence-corrected chi connectivity index (χ1v) is 7.95. The van der Waals surface area contributed by atoms with Crippen LogP contribution >= 0.6 is 0 Å². The van der Waals surface area contributed by atoms with Gasteiger partial charge in [-0.3, -0.25) is 4.40 Å². The zero-order valence-electron chi connectivity index (χ0n) is 13.9. The molecule has 4 rings (SSSR count). The van der Waals surface area contributed by atoms with Gasteiger partial charge in [-0.15, -0.1) is 0 Å². The molecule has 3 aromatic heterocycles. The Hall–Kier alpha value is -3.80. The van der Waals surface area contributed by atoms with E-state index in [1.165, 1.54) is 41.2 Å². The molecule has 138 valence electrons. The average molecular weight is 383 g/mol. The number of hydrogen-bond acceptors (Lipinski definition) is 4. The summed E-state index contributed by atoms with van der Waals surface area (Å²) in [6.07, 6.45) is -0.585. The molecule has 9 heteroatoms. The minimum absolute atomic E-state index is 0.0631. The van der Waals surface area contributed by atoms with Crippen molar-refractivity contribution in [1.82, 2.24) is 19.4 Å². The second-order valence-corrected chi connectivity index (χ2v) is 5.83. The van der Waals surface area contributed by atoms with Gasteiger partial charge in [0, 0.05) is 29.1 Å². The van der Waals surface area contributed by atoms with Gasteiger partial charge in [-0.25, -0.2) is 19.3 Å². The second kappa shape index (κ2) is 6.42. The summed E-state index contributed by atoms with van der Waals surface area (Å²) in [7, 11) is 0. The molecule has 5 nitrogen and oxygen atoms in total. The van der Waals surface area contributed by atoms with Crippen LogP contribution in [0.5, 0.6) is 0 Å². The van der Waals surface area contributed by atoms with Crippen molar-refractivity contribution in [2.24, 2.45) is 0 Å². The molecule has 0 radical (unpaired) electrons. The van der Waals surface area contributed by atoms with Gasteiger partial charge in [-0.1, -0.05) is 0 Å². The number of aromatic nitrogens is 4. The minimum atomic E-state index is -4.58. The van der Waals surface area contributed by atoms with E-state index < -0.39 is 17.7 Å². The number of fused-ring (bicyclic) bond motifs is 1. The van der Waals surface area contributed by atoms with E-state index in [2.05, 4.69) is 15.0 Å². The van der Waals surface area contributed by atoms with Crippen molar-refractivity contribution in [2.75, 3.05) is 0 Å². The van der Waals surface area contributed by atoms with Crippen molar-refractivity contribution in [2.45, 2.75) is 6.18 Å². The SMILES string of the molecule is N#Cc1ncccc1-c1cc(-c2cnc3nc(C(F)(F)F)ccn23)ccc1F. The number of nitrogens with zero attached hydrogens (tertiary/aromatic N) is 5. The Balaban J connectivity index is 1.86. The molecular weight excluding hydrogens is 374 g/mol. The van der Waals surface area contributed by atoms with Crippen LogP contribution in [0.25, 0.3) is 28.2 Å². The maximum atomic E-state index is 14.4. The van der Waals surface area contributed by atoms with Crippen LogP contribution in [0.2, 0.25) is 0 Å². The molecule has 28 heavy (non-hydrogen) atoms. The van der Waals surface area contributed by atoms with Crippen molar-refractivity contribution < 1.29 is 17.6 Å². The summed E-state index contributed by atoms with van der Waals surface area (Å²) in [5.74, 6) is -0.686. The topological polar surface area (TPSA) is 66.9 Å². The first-order chi connectivity index (χ1) is 13.4. The highest BCUT2D eigenvalue weighted by Gasteiger charge is 2.33. The highest BCUT2D eigenvalue weighted by Crippen LogP contribution is 2.32. The number of halogens is 4. The van der Waals surface area contributed by atoms with Crippen molar-refractivity contribution >= 4 is 5.78 Å². The number of hydrogen-bond donors (Lipinski definition) is 0. The summed E-state index contributed by atoms with van der Waals surface area (Å²) >= 11 is 0. The Labute approximate surface area is 155 Å². The fourth-order valence-corrected chi connectivity index (χ4v) is 2.85. The molecule has 0 aliphatic rings. The lowest BCUT2D eigenvalue weighted by atomic mass is 10.00. The summed E-state index contributed by atoms with van der Waals surface area (Å²) in [6, 6.07) is 10.1. The molecule has 1 aromatic carbocycles. The third kappa shape index (κ3) is 2.95. The highest BCUT2D eigenvalue weighted by atomic mass is 19.4. The number of alkyl halides is 3. The van der Waals surface area contributed by atoms with Gasteiger partial charge in [0.25, 0.3) is 0 Å². The normalized spacial score (nSPS) is 11.5. The second-order valence-electron chi connectivity index (χ2n) is 5.83. The van der Waals surface area contributed by atoms with E-state index >= 15 is 0 Å². The lowest BCUT2D eigenvalue weighted by Gasteiger charge is -2.09. The molecule has 0 N–H and O–H groups in total. The molecule has 0 saturated heterocycles. The number of nitriles is 1. The van der Waals surface area contributed by atoms with Crippen LogP contribution in [-0.4, -0.2) is 19.4 Å². The smallest absolute Gasteiger partial charge is 0.284 e. The van der Waals surface area contributed by atoms with E-state index in [4.69, 9.17) is 0 Å². The molecule has 0 fully saturated rings. The highest BCUT2D eigenvalue weighted by molar-refractivity contribution is 5.75. The van der Waals surface area contributed by atoms with E-state index in [-0.39, 0.29) is 17.0 Å². The molecule has 0 aliphatic heterocycles. The maximum absolute atomic E-state index is 14.4. The van der Waals surface area contributed by atoms with Crippen molar-refractivity contribution in [3.63, 3.8) is 0 Å². The molecule has 3 heterocycles. The molecule has 0 atom stereocenters. The van der Waals surface area contributed by atoms with Gasteiger partial charge in [0.1, 0.15) is 23.3 Å². The molecule has 0 amide bonds. The number of imidazole rings is 1. The first-order valence-electron chi connectivity index (χ1n) is 7.95.